The lowest BCUT2D eigenvalue weighted by molar-refractivity contribution is -0.122. The Morgan fingerprint density at radius 2 is 1.89 bits per heavy atom. The quantitative estimate of drug-likeness (QED) is 0.753. The van der Waals surface area contributed by atoms with Gasteiger partial charge in [0.15, 0.2) is 0 Å². The standard InChI is InChI=1S/C24H30N2O2/c1-2-13-28-23-10-9-22-17-26(12-11-21(22)14-23)16-19-5-3-18(4-6-19)15-25-24(27)20-7-8-20/h3-6,9-10,14,20H,2,7-8,11-13,15-17H2,1H3,(H,25,27). The maximum Gasteiger partial charge on any atom is 0.223 e. The summed E-state index contributed by atoms with van der Waals surface area (Å²) in [6.07, 6.45) is 4.22. The number of benzene rings is 2. The Morgan fingerprint density at radius 1 is 1.11 bits per heavy atom. The minimum absolute atomic E-state index is 0.208. The number of carbonyl (C=O) groups excluding carboxylic acids is 1. The Morgan fingerprint density at radius 3 is 2.64 bits per heavy atom. The fraction of sp³-hybridized carbons (Fsp3) is 0.458. The zero-order chi connectivity index (χ0) is 19.3. The zero-order valence-electron chi connectivity index (χ0n) is 16.7. The van der Waals surface area contributed by atoms with Gasteiger partial charge in [-0.25, -0.2) is 0 Å². The topological polar surface area (TPSA) is 41.6 Å². The summed E-state index contributed by atoms with van der Waals surface area (Å²) in [6, 6.07) is 15.2. The number of hydrogen-bond donors (Lipinski definition) is 1. The van der Waals surface area contributed by atoms with Crippen molar-refractivity contribution in [2.75, 3.05) is 13.2 Å². The molecule has 2 aromatic carbocycles. The third-order valence-corrected chi connectivity index (χ3v) is 5.59. The third kappa shape index (κ3) is 4.93. The molecular formula is C24H30N2O2. The van der Waals surface area contributed by atoms with Crippen molar-refractivity contribution < 1.29 is 9.53 Å². The normalized spacial score (nSPS) is 16.5. The molecule has 4 nitrogen and oxygen atoms in total. The molecule has 0 saturated heterocycles. The Hall–Kier alpha value is -2.33. The van der Waals surface area contributed by atoms with Crippen LogP contribution in [0.5, 0.6) is 5.75 Å². The lowest BCUT2D eigenvalue weighted by Crippen LogP contribution is -2.30. The molecule has 4 heteroatoms. The third-order valence-electron chi connectivity index (χ3n) is 5.59. The summed E-state index contributed by atoms with van der Waals surface area (Å²) in [6.45, 7) is 6.57. The fourth-order valence-electron chi connectivity index (χ4n) is 3.73. The van der Waals surface area contributed by atoms with E-state index in [-0.39, 0.29) is 11.8 Å². The van der Waals surface area contributed by atoms with Gasteiger partial charge in [0.05, 0.1) is 6.61 Å². The maximum atomic E-state index is 11.8. The van der Waals surface area contributed by atoms with Gasteiger partial charge in [0.1, 0.15) is 5.75 Å². The van der Waals surface area contributed by atoms with Crippen LogP contribution in [0.15, 0.2) is 42.5 Å². The van der Waals surface area contributed by atoms with Gasteiger partial charge in [0.2, 0.25) is 5.91 Å². The first-order valence-electron chi connectivity index (χ1n) is 10.5. The molecule has 1 aliphatic heterocycles. The number of fused-ring (bicyclic) bond motifs is 1. The highest BCUT2D eigenvalue weighted by Crippen LogP contribution is 2.29. The Balaban J connectivity index is 1.29. The van der Waals surface area contributed by atoms with Crippen LogP contribution in [0.2, 0.25) is 0 Å². The average molecular weight is 379 g/mol. The van der Waals surface area contributed by atoms with Crippen molar-refractivity contribution in [2.45, 2.75) is 52.2 Å². The Kier molecular flexibility index (Phi) is 5.96. The van der Waals surface area contributed by atoms with Crippen LogP contribution in [0.25, 0.3) is 0 Å². The van der Waals surface area contributed by atoms with Gasteiger partial charge >= 0.3 is 0 Å². The van der Waals surface area contributed by atoms with Crippen LogP contribution in [-0.4, -0.2) is 24.0 Å². The second kappa shape index (κ2) is 8.78. The van der Waals surface area contributed by atoms with Gasteiger partial charge in [-0.15, -0.1) is 0 Å². The molecule has 0 spiro atoms. The average Bonchev–Trinajstić information content (AvgIpc) is 3.57. The van der Waals surface area contributed by atoms with E-state index < -0.39 is 0 Å². The van der Waals surface area contributed by atoms with Crippen molar-refractivity contribution in [3.05, 3.63) is 64.7 Å². The summed E-state index contributed by atoms with van der Waals surface area (Å²) in [4.78, 5) is 14.3. The van der Waals surface area contributed by atoms with Crippen LogP contribution >= 0.6 is 0 Å². The first-order chi connectivity index (χ1) is 13.7. The van der Waals surface area contributed by atoms with E-state index in [1.165, 1.54) is 22.3 Å². The number of amides is 1. The van der Waals surface area contributed by atoms with Crippen LogP contribution in [-0.2, 0) is 30.8 Å². The highest BCUT2D eigenvalue weighted by Gasteiger charge is 2.29. The predicted octanol–water partition coefficient (Wildman–Crippen LogP) is 4.06. The van der Waals surface area contributed by atoms with E-state index in [0.29, 0.717) is 6.54 Å². The van der Waals surface area contributed by atoms with Crippen LogP contribution in [0, 0.1) is 5.92 Å². The van der Waals surface area contributed by atoms with Gasteiger partial charge in [-0.1, -0.05) is 37.3 Å². The van der Waals surface area contributed by atoms with Crippen LogP contribution in [0.4, 0.5) is 0 Å². The first kappa shape index (κ1) is 19.0. The minimum atomic E-state index is 0.208. The second-order valence-electron chi connectivity index (χ2n) is 8.05. The van der Waals surface area contributed by atoms with Crippen molar-refractivity contribution in [1.82, 2.24) is 10.2 Å². The molecule has 0 bridgehead atoms. The molecule has 0 atom stereocenters. The van der Waals surface area contributed by atoms with E-state index in [0.717, 1.165) is 57.7 Å². The summed E-state index contributed by atoms with van der Waals surface area (Å²) >= 11 is 0. The highest BCUT2D eigenvalue weighted by molar-refractivity contribution is 5.80. The Bertz CT molecular complexity index is 812. The summed E-state index contributed by atoms with van der Waals surface area (Å²) in [5, 5.41) is 3.03. The summed E-state index contributed by atoms with van der Waals surface area (Å²) < 4.78 is 5.77. The SMILES string of the molecule is CCCOc1ccc2c(c1)CCN(Cc1ccc(CNC(=O)C3CC3)cc1)C2. The van der Waals surface area contributed by atoms with Gasteiger partial charge in [-0.05, 0) is 60.1 Å². The van der Waals surface area contributed by atoms with E-state index in [9.17, 15) is 4.79 Å². The van der Waals surface area contributed by atoms with E-state index in [1.807, 2.05) is 0 Å². The van der Waals surface area contributed by atoms with Gasteiger partial charge in [0.25, 0.3) is 0 Å². The molecule has 0 aromatic heterocycles. The molecule has 1 saturated carbocycles. The van der Waals surface area contributed by atoms with Crippen molar-refractivity contribution >= 4 is 5.91 Å². The van der Waals surface area contributed by atoms with Crippen molar-refractivity contribution in [1.29, 1.82) is 0 Å². The number of rotatable bonds is 8. The molecule has 148 valence electrons. The minimum Gasteiger partial charge on any atom is -0.494 e. The monoisotopic (exact) mass is 378 g/mol. The number of nitrogens with one attached hydrogen (secondary N) is 1. The summed E-state index contributed by atoms with van der Waals surface area (Å²) in [5.74, 6) is 1.48. The lowest BCUT2D eigenvalue weighted by atomic mass is 9.99. The van der Waals surface area contributed by atoms with Gasteiger partial charge in [-0.3, -0.25) is 9.69 Å². The number of carbonyl (C=O) groups is 1. The fourth-order valence-corrected chi connectivity index (χ4v) is 3.73. The first-order valence-corrected chi connectivity index (χ1v) is 10.5. The van der Waals surface area contributed by atoms with E-state index in [1.54, 1.807) is 0 Å². The molecule has 1 N–H and O–H groups in total. The molecule has 1 amide bonds. The van der Waals surface area contributed by atoms with E-state index in [2.05, 4.69) is 59.6 Å². The molecule has 1 fully saturated rings. The van der Waals surface area contributed by atoms with Crippen LogP contribution < -0.4 is 10.1 Å². The number of hydrogen-bond acceptors (Lipinski definition) is 3. The summed E-state index contributed by atoms with van der Waals surface area (Å²) in [7, 11) is 0. The Labute approximate surface area is 167 Å². The van der Waals surface area contributed by atoms with Crippen LogP contribution in [0.3, 0.4) is 0 Å². The molecule has 4 rings (SSSR count). The second-order valence-corrected chi connectivity index (χ2v) is 8.05. The van der Waals surface area contributed by atoms with Crippen molar-refractivity contribution in [3.63, 3.8) is 0 Å². The van der Waals surface area contributed by atoms with Gasteiger partial charge in [0, 0.05) is 32.1 Å². The lowest BCUT2D eigenvalue weighted by Gasteiger charge is -2.29. The largest absolute Gasteiger partial charge is 0.494 e. The summed E-state index contributed by atoms with van der Waals surface area (Å²) in [5.41, 5.74) is 5.33. The molecule has 2 aromatic rings. The molecule has 0 unspecified atom stereocenters. The maximum absolute atomic E-state index is 11.8. The van der Waals surface area contributed by atoms with E-state index in [4.69, 9.17) is 4.74 Å². The van der Waals surface area contributed by atoms with E-state index >= 15 is 0 Å². The molecule has 1 heterocycles. The molecular weight excluding hydrogens is 348 g/mol. The predicted molar refractivity (Wildman–Crippen MR) is 111 cm³/mol. The molecule has 2 aliphatic rings. The number of ether oxygens (including phenoxy) is 1. The smallest absolute Gasteiger partial charge is 0.223 e. The molecule has 1 aliphatic carbocycles. The van der Waals surface area contributed by atoms with Crippen LogP contribution in [0.1, 0.15) is 48.4 Å². The van der Waals surface area contributed by atoms with Crippen molar-refractivity contribution in [2.24, 2.45) is 5.92 Å². The highest BCUT2D eigenvalue weighted by atomic mass is 16.5. The molecule has 0 radical (unpaired) electrons. The zero-order valence-corrected chi connectivity index (χ0v) is 16.7. The number of nitrogens with zero attached hydrogens (tertiary/aromatic N) is 1. The van der Waals surface area contributed by atoms with Gasteiger partial charge in [-0.2, -0.15) is 0 Å². The van der Waals surface area contributed by atoms with Gasteiger partial charge < -0.3 is 10.1 Å². The molecule has 28 heavy (non-hydrogen) atoms. The van der Waals surface area contributed by atoms with Crippen molar-refractivity contribution in [3.8, 4) is 5.75 Å².